The third-order valence-corrected chi connectivity index (χ3v) is 18.3. The molecule has 6 unspecified atom stereocenters. The third-order valence-electron chi connectivity index (χ3n) is 18.3. The Morgan fingerprint density at radius 3 is 0.947 bits per heavy atom. The summed E-state index contributed by atoms with van der Waals surface area (Å²) in [7, 11) is 0. The maximum absolute atomic E-state index is 5.94. The van der Waals surface area contributed by atoms with Gasteiger partial charge in [-0.2, -0.15) is 0 Å². The number of hydrogen-bond donors (Lipinski definition) is 0. The Kier molecular flexibility index (Phi) is 23.0. The summed E-state index contributed by atoms with van der Waals surface area (Å²) in [6.45, 7) is 17.4. The van der Waals surface area contributed by atoms with E-state index in [0.29, 0.717) is 21.7 Å². The molecule has 6 rings (SSSR count). The highest BCUT2D eigenvalue weighted by molar-refractivity contribution is 5.13. The Morgan fingerprint density at radius 2 is 0.649 bits per heavy atom. The second-order valence-corrected chi connectivity index (χ2v) is 22.2. The van der Waals surface area contributed by atoms with Crippen molar-refractivity contribution in [1.82, 2.24) is 0 Å². The first-order chi connectivity index (χ1) is 27.7. The van der Waals surface area contributed by atoms with Crippen molar-refractivity contribution in [2.24, 2.45) is 45.3 Å². The van der Waals surface area contributed by atoms with Gasteiger partial charge in [0.2, 0.25) is 0 Å². The summed E-state index contributed by atoms with van der Waals surface area (Å²) < 4.78 is 5.94. The molecular formula is C56H102O. The molecule has 4 bridgehead atoms. The van der Waals surface area contributed by atoms with Crippen molar-refractivity contribution >= 4 is 0 Å². The van der Waals surface area contributed by atoms with Crippen molar-refractivity contribution in [1.29, 1.82) is 0 Å². The average Bonchev–Trinajstić information content (AvgIpc) is 3.19. The molecule has 0 N–H and O–H groups in total. The number of hydrogen-bond acceptors (Lipinski definition) is 1. The molecule has 0 spiro atoms. The fraction of sp³-hybridized carbons (Fsp3) is 0.929. The van der Waals surface area contributed by atoms with E-state index in [1.165, 1.54) is 218 Å². The van der Waals surface area contributed by atoms with E-state index in [4.69, 9.17) is 4.74 Å². The van der Waals surface area contributed by atoms with Gasteiger partial charge in [-0.15, -0.1) is 0 Å². The number of allylic oxidation sites excluding steroid dienone is 4. The van der Waals surface area contributed by atoms with E-state index in [9.17, 15) is 0 Å². The highest BCUT2D eigenvalue weighted by atomic mass is 16.5. The molecule has 0 aromatic heterocycles. The van der Waals surface area contributed by atoms with E-state index in [0.717, 1.165) is 36.9 Å². The topological polar surface area (TPSA) is 9.23 Å². The minimum absolute atomic E-state index is 0.619. The van der Waals surface area contributed by atoms with Crippen LogP contribution in [0.3, 0.4) is 0 Å². The Balaban J connectivity index is 0.772. The molecule has 6 fully saturated rings. The van der Waals surface area contributed by atoms with Crippen LogP contribution in [-0.4, -0.2) is 13.2 Å². The van der Waals surface area contributed by atoms with Crippen LogP contribution in [0.1, 0.15) is 273 Å². The molecule has 0 heterocycles. The molecule has 0 aromatic carbocycles. The highest BCUT2D eigenvalue weighted by Gasteiger charge is 2.64. The predicted molar refractivity (Wildman–Crippen MR) is 253 cm³/mol. The second kappa shape index (κ2) is 26.7. The summed E-state index contributed by atoms with van der Waals surface area (Å²) in [5.74, 6) is 3.98. The quantitative estimate of drug-likeness (QED) is 0.0454. The van der Waals surface area contributed by atoms with Crippen LogP contribution in [0.25, 0.3) is 0 Å². The summed E-state index contributed by atoms with van der Waals surface area (Å²) >= 11 is 0. The van der Waals surface area contributed by atoms with Crippen LogP contribution in [0, 0.1) is 45.3 Å². The van der Waals surface area contributed by atoms with E-state index in [1.54, 1.807) is 12.8 Å². The van der Waals surface area contributed by atoms with E-state index < -0.39 is 0 Å². The van der Waals surface area contributed by atoms with Gasteiger partial charge in [0, 0.05) is 13.2 Å². The Bertz CT molecular complexity index is 997. The molecule has 332 valence electrons. The first-order valence-corrected chi connectivity index (χ1v) is 26.6. The van der Waals surface area contributed by atoms with Crippen LogP contribution in [0.5, 0.6) is 0 Å². The first kappa shape index (κ1) is 49.1. The summed E-state index contributed by atoms with van der Waals surface area (Å²) in [5.41, 5.74) is 2.62. The van der Waals surface area contributed by atoms with Gasteiger partial charge in [0.15, 0.2) is 0 Å². The lowest BCUT2D eigenvalue weighted by molar-refractivity contribution is -0.199. The molecule has 0 amide bonds. The number of rotatable bonds is 36. The number of fused-ring (bicyclic) bond motifs is 4. The van der Waals surface area contributed by atoms with Crippen molar-refractivity contribution < 1.29 is 4.74 Å². The van der Waals surface area contributed by atoms with E-state index in [2.05, 4.69) is 65.8 Å². The van der Waals surface area contributed by atoms with Crippen LogP contribution in [-0.2, 0) is 4.74 Å². The van der Waals surface area contributed by atoms with Crippen LogP contribution in [0.4, 0.5) is 0 Å². The van der Waals surface area contributed by atoms with Gasteiger partial charge in [-0.1, -0.05) is 181 Å². The Hall–Kier alpha value is -0.560. The third kappa shape index (κ3) is 14.8. The molecule has 1 nitrogen and oxygen atoms in total. The SMILES string of the molecule is CC1CCC2CC1(CCCCCCCC/C=C\CCCCCCCCOCCCCCCCC/C=C\CCCCCCCCC13CC(CCC1C)C3(C)C)C2(C)C. The van der Waals surface area contributed by atoms with Crippen molar-refractivity contribution in [3.05, 3.63) is 24.3 Å². The lowest BCUT2D eigenvalue weighted by atomic mass is 9.36. The number of ether oxygens (including phenoxy) is 1. The summed E-state index contributed by atoms with van der Waals surface area (Å²) in [4.78, 5) is 0. The minimum atomic E-state index is 0.619. The van der Waals surface area contributed by atoms with Crippen molar-refractivity contribution in [3.8, 4) is 0 Å². The Labute approximate surface area is 359 Å². The molecule has 0 saturated heterocycles. The summed E-state index contributed by atoms with van der Waals surface area (Å²) in [5, 5.41) is 0. The molecule has 0 aromatic rings. The van der Waals surface area contributed by atoms with Gasteiger partial charge in [0.05, 0.1) is 0 Å². The normalized spacial score (nSPS) is 28.6. The predicted octanol–water partition coefficient (Wildman–Crippen LogP) is 18.7. The second-order valence-electron chi connectivity index (χ2n) is 22.2. The molecular weight excluding hydrogens is 689 g/mol. The molecule has 0 radical (unpaired) electrons. The lowest BCUT2D eigenvalue weighted by Crippen LogP contribution is -2.61. The van der Waals surface area contributed by atoms with Gasteiger partial charge in [-0.25, -0.2) is 0 Å². The van der Waals surface area contributed by atoms with E-state index in [1.807, 2.05) is 0 Å². The standard InChI is InChI=1S/C56H102O/c1-49-39-41-51-47-55(49,53(51,3)4)43-35-31-27-23-19-15-11-7-9-13-17-21-25-29-33-37-45-57-46-38-34-30-26-22-18-14-10-8-12-16-20-24-28-32-36-44-56-48-52(54(56,5)6)42-40-50(56)2/h7-10,49-52H,11-48H2,1-6H3/b9-7-,10-8-. The summed E-state index contributed by atoms with van der Waals surface area (Å²) in [6, 6.07) is 0. The zero-order valence-electron chi connectivity index (χ0n) is 39.9. The van der Waals surface area contributed by atoms with Crippen molar-refractivity contribution in [2.75, 3.05) is 13.2 Å². The van der Waals surface area contributed by atoms with Gasteiger partial charge in [0.1, 0.15) is 0 Å². The van der Waals surface area contributed by atoms with Crippen molar-refractivity contribution in [3.63, 3.8) is 0 Å². The zero-order chi connectivity index (χ0) is 40.7. The summed E-state index contributed by atoms with van der Waals surface area (Å²) in [6.07, 6.45) is 60.9. The largest absolute Gasteiger partial charge is 0.381 e. The van der Waals surface area contributed by atoms with E-state index >= 15 is 0 Å². The molecule has 0 aliphatic heterocycles. The first-order valence-electron chi connectivity index (χ1n) is 26.6. The average molecular weight is 791 g/mol. The maximum atomic E-state index is 5.94. The van der Waals surface area contributed by atoms with Gasteiger partial charge < -0.3 is 4.74 Å². The fourth-order valence-corrected chi connectivity index (χ4v) is 13.6. The smallest absolute Gasteiger partial charge is 0.0466 e. The van der Waals surface area contributed by atoms with Crippen LogP contribution in [0.2, 0.25) is 0 Å². The Morgan fingerprint density at radius 1 is 0.368 bits per heavy atom. The fourth-order valence-electron chi connectivity index (χ4n) is 13.6. The van der Waals surface area contributed by atoms with Crippen molar-refractivity contribution in [2.45, 2.75) is 273 Å². The maximum Gasteiger partial charge on any atom is 0.0466 e. The van der Waals surface area contributed by atoms with Crippen LogP contribution < -0.4 is 0 Å². The molecule has 1 heteroatoms. The molecule has 57 heavy (non-hydrogen) atoms. The van der Waals surface area contributed by atoms with Gasteiger partial charge in [0.25, 0.3) is 0 Å². The molecule has 6 atom stereocenters. The van der Waals surface area contributed by atoms with Crippen LogP contribution in [0.15, 0.2) is 24.3 Å². The molecule has 6 saturated carbocycles. The van der Waals surface area contributed by atoms with Gasteiger partial charge in [-0.05, 0) is 161 Å². The zero-order valence-corrected chi connectivity index (χ0v) is 39.9. The molecule has 6 aliphatic carbocycles. The number of unbranched alkanes of at least 4 members (excludes halogenated alkanes) is 24. The molecule has 6 aliphatic rings. The van der Waals surface area contributed by atoms with Gasteiger partial charge >= 0.3 is 0 Å². The van der Waals surface area contributed by atoms with Gasteiger partial charge in [-0.3, -0.25) is 0 Å². The lowest BCUT2D eigenvalue weighted by Gasteiger charge is -2.69. The van der Waals surface area contributed by atoms with Crippen LogP contribution >= 0.6 is 0 Å². The van der Waals surface area contributed by atoms with E-state index in [-0.39, 0.29) is 0 Å². The monoisotopic (exact) mass is 791 g/mol. The highest BCUT2D eigenvalue weighted by Crippen LogP contribution is 2.72. The minimum Gasteiger partial charge on any atom is -0.381 e.